The first-order valence-electron chi connectivity index (χ1n) is 12.7. The maximum Gasteiger partial charge on any atom is 0.140 e. The van der Waals surface area contributed by atoms with Gasteiger partial charge in [0.25, 0.3) is 0 Å². The van der Waals surface area contributed by atoms with Gasteiger partial charge in [-0.1, -0.05) is 66.8 Å². The van der Waals surface area contributed by atoms with Gasteiger partial charge in [-0.2, -0.15) is 0 Å². The van der Waals surface area contributed by atoms with E-state index in [1.807, 2.05) is 36.4 Å². The molecule has 0 amide bonds. The number of piperidine rings is 1. The summed E-state index contributed by atoms with van der Waals surface area (Å²) in [4.78, 5) is 3.30. The lowest BCUT2D eigenvalue weighted by Crippen LogP contribution is -2.59. The second-order valence-corrected chi connectivity index (χ2v) is 11.1. The Morgan fingerprint density at radius 3 is 2.39 bits per heavy atom. The predicted molar refractivity (Wildman–Crippen MR) is 150 cm³/mol. The Hall–Kier alpha value is -2.47. The summed E-state index contributed by atoms with van der Waals surface area (Å²) in [6, 6.07) is 18.6. The van der Waals surface area contributed by atoms with Crippen LogP contribution in [0.4, 0.5) is 0 Å². The first-order valence-corrected chi connectivity index (χ1v) is 13.1. The molecule has 0 spiro atoms. The lowest BCUT2D eigenvalue weighted by Gasteiger charge is -2.53. The van der Waals surface area contributed by atoms with E-state index in [9.17, 15) is 0 Å². The number of ether oxygens (including phenoxy) is 3. The van der Waals surface area contributed by atoms with Crippen LogP contribution in [-0.4, -0.2) is 34.9 Å². The highest BCUT2D eigenvalue weighted by molar-refractivity contribution is 7.80. The molecule has 2 aliphatic heterocycles. The van der Waals surface area contributed by atoms with Crippen molar-refractivity contribution in [1.82, 2.24) is 4.90 Å². The molecule has 0 aromatic heterocycles. The molecule has 0 saturated carbocycles. The normalized spacial score (nSPS) is 27.8. The van der Waals surface area contributed by atoms with Crippen molar-refractivity contribution in [3.8, 4) is 5.75 Å². The molecule has 2 aliphatic rings. The molecule has 2 heterocycles. The van der Waals surface area contributed by atoms with E-state index in [4.69, 9.17) is 26.4 Å². The van der Waals surface area contributed by atoms with E-state index in [1.165, 1.54) is 5.56 Å². The summed E-state index contributed by atoms with van der Waals surface area (Å²) in [5.74, 6) is 0.887. The first kappa shape index (κ1) is 26.6. The van der Waals surface area contributed by atoms with Gasteiger partial charge in [0, 0.05) is 11.3 Å². The highest BCUT2D eigenvalue weighted by Crippen LogP contribution is 2.58. The average Bonchev–Trinajstić information content (AvgIpc) is 3.10. The largest absolute Gasteiger partial charge is 0.497 e. The number of nitrogens with zero attached hydrogens (tertiary/aromatic N) is 1. The molecule has 0 bridgehead atoms. The van der Waals surface area contributed by atoms with Crippen LogP contribution in [0.5, 0.6) is 5.75 Å². The summed E-state index contributed by atoms with van der Waals surface area (Å²) in [7, 11) is 1.67. The van der Waals surface area contributed by atoms with E-state index >= 15 is 0 Å². The lowest BCUT2D eigenvalue weighted by atomic mass is 9.65. The Kier molecular flexibility index (Phi) is 7.75. The summed E-state index contributed by atoms with van der Waals surface area (Å²) in [6.07, 6.45) is 6.55. The standard InChI is InChI=1S/C31H39NO3S/c1-7-18-31(25(8-2)22-34-21-23-14-16-26(33-6)17-15-23)20-19-30(5)32(28(31)36)27(29(3,4)35-30)24-12-10-9-11-13-24/h7-17,25,27H,1-2,18-22H2,3-6H3/t25-,27+,30-,31+/m0/s1. The molecule has 5 heteroatoms. The number of allylic oxidation sites excluding steroid dienone is 1. The van der Waals surface area contributed by atoms with Gasteiger partial charge in [-0.25, -0.2) is 0 Å². The summed E-state index contributed by atoms with van der Waals surface area (Å²) in [5.41, 5.74) is 1.16. The fourth-order valence-corrected chi connectivity index (χ4v) is 6.80. The van der Waals surface area contributed by atoms with Gasteiger partial charge in [0.15, 0.2) is 0 Å². The van der Waals surface area contributed by atoms with Crippen molar-refractivity contribution in [3.05, 3.63) is 91.0 Å². The van der Waals surface area contributed by atoms with Crippen molar-refractivity contribution in [1.29, 1.82) is 0 Å². The first-order chi connectivity index (χ1) is 17.2. The van der Waals surface area contributed by atoms with Crippen molar-refractivity contribution in [2.24, 2.45) is 11.3 Å². The molecule has 4 atom stereocenters. The number of benzene rings is 2. The summed E-state index contributed by atoms with van der Waals surface area (Å²) in [5, 5.41) is 0. The molecule has 0 aliphatic carbocycles. The van der Waals surface area contributed by atoms with Crippen LogP contribution in [-0.2, 0) is 16.1 Å². The van der Waals surface area contributed by atoms with Gasteiger partial charge < -0.3 is 19.1 Å². The Bertz CT molecular complexity index is 1080. The number of fused-ring (bicyclic) bond motifs is 1. The Balaban J connectivity index is 1.61. The molecular weight excluding hydrogens is 466 g/mol. The fourth-order valence-electron chi connectivity index (χ4n) is 6.17. The number of thiocarbonyl (C=S) groups is 1. The SMILES string of the molecule is C=CC[C@]1([C@@H](C=C)COCc2ccc(OC)cc2)CC[C@]2(C)OC(C)(C)[C@@H](c3ccccc3)N2C1=S. The van der Waals surface area contributed by atoms with E-state index in [2.05, 4.69) is 69.2 Å². The molecule has 0 radical (unpaired) electrons. The molecule has 2 aromatic carbocycles. The van der Waals surface area contributed by atoms with Gasteiger partial charge >= 0.3 is 0 Å². The minimum atomic E-state index is -0.457. The van der Waals surface area contributed by atoms with Gasteiger partial charge in [-0.05, 0) is 63.3 Å². The summed E-state index contributed by atoms with van der Waals surface area (Å²) >= 11 is 6.39. The monoisotopic (exact) mass is 505 g/mol. The van der Waals surface area contributed by atoms with E-state index in [1.54, 1.807) is 7.11 Å². The van der Waals surface area contributed by atoms with Gasteiger partial charge in [0.1, 0.15) is 11.5 Å². The Labute approximate surface area is 221 Å². The molecule has 2 fully saturated rings. The molecule has 192 valence electrons. The van der Waals surface area contributed by atoms with Crippen LogP contribution in [0.25, 0.3) is 0 Å². The van der Waals surface area contributed by atoms with Crippen LogP contribution < -0.4 is 4.74 Å². The van der Waals surface area contributed by atoms with Crippen LogP contribution in [0.1, 0.15) is 57.2 Å². The van der Waals surface area contributed by atoms with Gasteiger partial charge in [0.05, 0.1) is 37.0 Å². The van der Waals surface area contributed by atoms with Crippen LogP contribution in [0.2, 0.25) is 0 Å². The lowest BCUT2D eigenvalue weighted by molar-refractivity contribution is -0.122. The van der Waals surface area contributed by atoms with E-state index in [0.29, 0.717) is 13.2 Å². The van der Waals surface area contributed by atoms with E-state index < -0.39 is 5.72 Å². The Morgan fingerprint density at radius 1 is 1.08 bits per heavy atom. The van der Waals surface area contributed by atoms with Crippen molar-refractivity contribution in [2.75, 3.05) is 13.7 Å². The van der Waals surface area contributed by atoms with Gasteiger partial charge in [-0.3, -0.25) is 0 Å². The number of hydrogen-bond acceptors (Lipinski definition) is 4. The molecule has 36 heavy (non-hydrogen) atoms. The van der Waals surface area contributed by atoms with Crippen LogP contribution in [0, 0.1) is 11.3 Å². The third-order valence-electron chi connectivity index (χ3n) is 7.93. The zero-order valence-corrected chi connectivity index (χ0v) is 22.9. The maximum atomic E-state index is 6.77. The summed E-state index contributed by atoms with van der Waals surface area (Å²) in [6.45, 7) is 15.9. The minimum absolute atomic E-state index is 0.0198. The summed E-state index contributed by atoms with van der Waals surface area (Å²) < 4.78 is 18.3. The average molecular weight is 506 g/mol. The third-order valence-corrected chi connectivity index (χ3v) is 8.54. The Morgan fingerprint density at radius 2 is 1.78 bits per heavy atom. The van der Waals surface area contributed by atoms with Gasteiger partial charge in [-0.15, -0.1) is 13.2 Å². The zero-order valence-electron chi connectivity index (χ0n) is 22.0. The second kappa shape index (κ2) is 10.5. The topological polar surface area (TPSA) is 30.9 Å². The molecule has 2 aromatic rings. The van der Waals surface area contributed by atoms with Crippen molar-refractivity contribution < 1.29 is 14.2 Å². The molecule has 4 rings (SSSR count). The maximum absolute atomic E-state index is 6.77. The number of rotatable bonds is 10. The van der Waals surface area contributed by atoms with Crippen LogP contribution in [0.15, 0.2) is 79.9 Å². The van der Waals surface area contributed by atoms with Crippen molar-refractivity contribution in [2.45, 2.75) is 64.0 Å². The fraction of sp³-hybridized carbons (Fsp3) is 0.452. The van der Waals surface area contributed by atoms with Gasteiger partial charge in [0.2, 0.25) is 0 Å². The smallest absolute Gasteiger partial charge is 0.140 e. The number of methoxy groups -OCH3 is 1. The molecule has 0 N–H and O–H groups in total. The number of hydrogen-bond donors (Lipinski definition) is 0. The van der Waals surface area contributed by atoms with Crippen LogP contribution in [0.3, 0.4) is 0 Å². The van der Waals surface area contributed by atoms with Crippen molar-refractivity contribution >= 4 is 17.2 Å². The quantitative estimate of drug-likeness (QED) is 0.250. The second-order valence-electron chi connectivity index (χ2n) is 10.7. The van der Waals surface area contributed by atoms with Crippen LogP contribution >= 0.6 is 12.2 Å². The predicted octanol–water partition coefficient (Wildman–Crippen LogP) is 7.27. The van der Waals surface area contributed by atoms with Crippen molar-refractivity contribution in [3.63, 3.8) is 0 Å². The highest BCUT2D eigenvalue weighted by Gasteiger charge is 2.62. The molecular formula is C31H39NO3S. The molecule has 0 unspecified atom stereocenters. The van der Waals surface area contributed by atoms with E-state index in [0.717, 1.165) is 35.6 Å². The highest BCUT2D eigenvalue weighted by atomic mass is 32.1. The molecule has 2 saturated heterocycles. The third kappa shape index (κ3) is 4.77. The zero-order chi connectivity index (χ0) is 26.0. The minimum Gasteiger partial charge on any atom is -0.497 e. The van der Waals surface area contributed by atoms with E-state index in [-0.39, 0.29) is 23.0 Å². The molecule has 4 nitrogen and oxygen atoms in total.